The quantitative estimate of drug-likeness (QED) is 0.654. The van der Waals surface area contributed by atoms with Gasteiger partial charge in [0.05, 0.1) is 6.61 Å². The third-order valence-electron chi connectivity index (χ3n) is 2.23. The van der Waals surface area contributed by atoms with Crippen LogP contribution < -0.4 is 5.32 Å². The van der Waals surface area contributed by atoms with E-state index in [0.29, 0.717) is 19.4 Å². The Morgan fingerprint density at radius 3 is 2.57 bits per heavy atom. The van der Waals surface area contributed by atoms with Gasteiger partial charge in [-0.1, -0.05) is 13.3 Å². The van der Waals surface area contributed by atoms with Crippen LogP contribution in [-0.2, 0) is 9.53 Å². The summed E-state index contributed by atoms with van der Waals surface area (Å²) in [6.07, 6.45) is 2.10. The highest BCUT2D eigenvalue weighted by atomic mass is 16.5. The van der Waals surface area contributed by atoms with Gasteiger partial charge in [0.25, 0.3) is 0 Å². The lowest BCUT2D eigenvalue weighted by atomic mass is 10.3. The maximum absolute atomic E-state index is 11.1. The van der Waals surface area contributed by atoms with Crippen LogP contribution in [0.2, 0.25) is 0 Å². The molecule has 0 atom stereocenters. The van der Waals surface area contributed by atoms with E-state index in [-0.39, 0.29) is 0 Å². The summed E-state index contributed by atoms with van der Waals surface area (Å²) in [6, 6.07) is 0. The fourth-order valence-corrected chi connectivity index (χ4v) is 1.06. The van der Waals surface area contributed by atoms with Crippen LogP contribution >= 0.6 is 0 Å². The Hall–Kier alpha value is -1.26. The minimum atomic E-state index is -1.04. The number of carbonyl (C=O) groups is 2. The SMILES string of the molecule is CCCCOC(=O)NC1(C(=O)O)CC1. The van der Waals surface area contributed by atoms with Gasteiger partial charge in [0, 0.05) is 0 Å². The predicted octanol–water partition coefficient (Wildman–Crippen LogP) is 1.13. The first kappa shape index (κ1) is 10.8. The summed E-state index contributed by atoms with van der Waals surface area (Å²) in [7, 11) is 0. The molecule has 80 valence electrons. The first-order valence-corrected chi connectivity index (χ1v) is 4.79. The molecule has 1 rings (SSSR count). The number of hydrogen-bond donors (Lipinski definition) is 2. The maximum Gasteiger partial charge on any atom is 0.408 e. The number of carboxylic acid groups (broad SMARTS) is 1. The Balaban J connectivity index is 2.24. The smallest absolute Gasteiger partial charge is 0.408 e. The molecule has 0 aromatic carbocycles. The van der Waals surface area contributed by atoms with Gasteiger partial charge in [0.2, 0.25) is 0 Å². The van der Waals surface area contributed by atoms with Crippen LogP contribution in [0, 0.1) is 0 Å². The van der Waals surface area contributed by atoms with Crippen molar-refractivity contribution in [2.24, 2.45) is 0 Å². The summed E-state index contributed by atoms with van der Waals surface area (Å²) in [5.41, 5.74) is -1.04. The third-order valence-corrected chi connectivity index (χ3v) is 2.23. The standard InChI is InChI=1S/C9H15NO4/c1-2-3-6-14-8(13)10-9(4-5-9)7(11)12/h2-6H2,1H3,(H,10,13)(H,11,12). The van der Waals surface area contributed by atoms with E-state index in [9.17, 15) is 9.59 Å². The summed E-state index contributed by atoms with van der Waals surface area (Å²) in [5.74, 6) is -0.982. The van der Waals surface area contributed by atoms with Crippen LogP contribution in [0.5, 0.6) is 0 Å². The molecule has 5 heteroatoms. The zero-order valence-corrected chi connectivity index (χ0v) is 8.21. The van der Waals surface area contributed by atoms with E-state index >= 15 is 0 Å². The fourth-order valence-electron chi connectivity index (χ4n) is 1.06. The molecule has 1 fully saturated rings. The summed E-state index contributed by atoms with van der Waals surface area (Å²) in [5, 5.41) is 11.1. The van der Waals surface area contributed by atoms with Gasteiger partial charge < -0.3 is 15.2 Å². The number of unbranched alkanes of at least 4 members (excludes halogenated alkanes) is 1. The highest BCUT2D eigenvalue weighted by Gasteiger charge is 2.52. The van der Waals surface area contributed by atoms with Crippen LogP contribution in [0.3, 0.4) is 0 Å². The van der Waals surface area contributed by atoms with E-state index in [4.69, 9.17) is 9.84 Å². The molecule has 0 aromatic rings. The summed E-state index contributed by atoms with van der Waals surface area (Å²) < 4.78 is 4.80. The molecule has 0 aliphatic heterocycles. The second-order valence-electron chi connectivity index (χ2n) is 3.50. The normalized spacial score (nSPS) is 17.2. The number of carbonyl (C=O) groups excluding carboxylic acids is 1. The monoisotopic (exact) mass is 201 g/mol. The number of nitrogens with one attached hydrogen (secondary N) is 1. The van der Waals surface area contributed by atoms with Crippen molar-refractivity contribution in [2.45, 2.75) is 38.1 Å². The van der Waals surface area contributed by atoms with E-state index < -0.39 is 17.6 Å². The second kappa shape index (κ2) is 4.30. The molecule has 1 amide bonds. The van der Waals surface area contributed by atoms with Gasteiger partial charge >= 0.3 is 12.1 Å². The van der Waals surface area contributed by atoms with Gasteiger partial charge in [-0.25, -0.2) is 9.59 Å². The minimum absolute atomic E-state index is 0.345. The van der Waals surface area contributed by atoms with Crippen molar-refractivity contribution >= 4 is 12.1 Å². The Morgan fingerprint density at radius 1 is 1.50 bits per heavy atom. The first-order chi connectivity index (χ1) is 6.60. The van der Waals surface area contributed by atoms with Crippen molar-refractivity contribution in [2.75, 3.05) is 6.61 Å². The van der Waals surface area contributed by atoms with Crippen molar-refractivity contribution < 1.29 is 19.4 Å². The van der Waals surface area contributed by atoms with E-state index in [1.165, 1.54) is 0 Å². The molecule has 1 aliphatic rings. The highest BCUT2D eigenvalue weighted by Crippen LogP contribution is 2.35. The number of hydrogen-bond acceptors (Lipinski definition) is 3. The summed E-state index contributed by atoms with van der Waals surface area (Å²) >= 11 is 0. The molecular weight excluding hydrogens is 186 g/mol. The molecule has 0 saturated heterocycles. The largest absolute Gasteiger partial charge is 0.480 e. The lowest BCUT2D eigenvalue weighted by Gasteiger charge is -2.12. The molecule has 2 N–H and O–H groups in total. The van der Waals surface area contributed by atoms with Crippen LogP contribution in [0.25, 0.3) is 0 Å². The van der Waals surface area contributed by atoms with Crippen molar-refractivity contribution in [1.82, 2.24) is 5.32 Å². The van der Waals surface area contributed by atoms with Gasteiger partial charge in [-0.15, -0.1) is 0 Å². The Kier molecular flexibility index (Phi) is 3.33. The first-order valence-electron chi connectivity index (χ1n) is 4.79. The molecule has 0 aromatic heterocycles. The number of carboxylic acids is 1. The maximum atomic E-state index is 11.1. The molecular formula is C9H15NO4. The topological polar surface area (TPSA) is 75.6 Å². The van der Waals surface area contributed by atoms with Gasteiger partial charge in [0.15, 0.2) is 0 Å². The Morgan fingerprint density at radius 2 is 2.14 bits per heavy atom. The van der Waals surface area contributed by atoms with E-state index in [0.717, 1.165) is 12.8 Å². The molecule has 0 spiro atoms. The molecule has 5 nitrogen and oxygen atoms in total. The van der Waals surface area contributed by atoms with Crippen LogP contribution in [-0.4, -0.2) is 29.3 Å². The highest BCUT2D eigenvalue weighted by molar-refractivity contribution is 5.87. The van der Waals surface area contributed by atoms with Gasteiger partial charge in [-0.3, -0.25) is 0 Å². The number of alkyl carbamates (subject to hydrolysis) is 1. The van der Waals surface area contributed by atoms with E-state index in [1.807, 2.05) is 6.92 Å². The molecule has 1 saturated carbocycles. The van der Waals surface area contributed by atoms with Gasteiger partial charge in [-0.2, -0.15) is 0 Å². The molecule has 14 heavy (non-hydrogen) atoms. The average Bonchev–Trinajstić information content (AvgIpc) is 2.86. The third kappa shape index (κ3) is 2.61. The van der Waals surface area contributed by atoms with E-state index in [1.54, 1.807) is 0 Å². The van der Waals surface area contributed by atoms with Crippen LogP contribution in [0.1, 0.15) is 32.6 Å². The molecule has 0 bridgehead atoms. The van der Waals surface area contributed by atoms with Crippen LogP contribution in [0.4, 0.5) is 4.79 Å². The lowest BCUT2D eigenvalue weighted by Crippen LogP contribution is -2.43. The second-order valence-corrected chi connectivity index (χ2v) is 3.50. The summed E-state index contributed by atoms with van der Waals surface area (Å²) in [6.45, 7) is 2.33. The Bertz CT molecular complexity index is 235. The number of rotatable bonds is 5. The fraction of sp³-hybridized carbons (Fsp3) is 0.778. The predicted molar refractivity (Wildman–Crippen MR) is 49.0 cm³/mol. The number of aliphatic carboxylic acids is 1. The molecule has 0 heterocycles. The summed E-state index contributed by atoms with van der Waals surface area (Å²) in [4.78, 5) is 21.8. The zero-order valence-electron chi connectivity index (χ0n) is 8.21. The van der Waals surface area contributed by atoms with E-state index in [2.05, 4.69) is 5.32 Å². The van der Waals surface area contributed by atoms with Crippen molar-refractivity contribution in [3.63, 3.8) is 0 Å². The number of ether oxygens (including phenoxy) is 1. The van der Waals surface area contributed by atoms with Crippen molar-refractivity contribution in [1.29, 1.82) is 0 Å². The van der Waals surface area contributed by atoms with Gasteiger partial charge in [0.1, 0.15) is 5.54 Å². The van der Waals surface area contributed by atoms with Gasteiger partial charge in [-0.05, 0) is 19.3 Å². The minimum Gasteiger partial charge on any atom is -0.480 e. The van der Waals surface area contributed by atoms with Crippen LogP contribution in [0.15, 0.2) is 0 Å². The molecule has 1 aliphatic carbocycles. The molecule has 0 radical (unpaired) electrons. The van der Waals surface area contributed by atoms with Crippen molar-refractivity contribution in [3.8, 4) is 0 Å². The average molecular weight is 201 g/mol. The number of amides is 1. The Labute approximate surface area is 82.4 Å². The zero-order chi connectivity index (χ0) is 10.6. The van der Waals surface area contributed by atoms with Crippen molar-refractivity contribution in [3.05, 3.63) is 0 Å². The lowest BCUT2D eigenvalue weighted by molar-refractivity contribution is -0.140. The molecule has 0 unspecified atom stereocenters.